The molecule has 0 heterocycles. The molecule has 7 heteroatoms. The molecule has 1 aromatic rings. The zero-order valence-corrected chi connectivity index (χ0v) is 13.9. The molecular formula is C15H24ClN3O3. The molecule has 6 nitrogen and oxygen atoms in total. The molecule has 0 saturated carbocycles. The molecule has 2 unspecified atom stereocenters. The number of carbonyl (C=O) groups is 2. The number of amides is 2. The van der Waals surface area contributed by atoms with Crippen LogP contribution in [0.5, 0.6) is 0 Å². The molecule has 0 radical (unpaired) electrons. The smallest absolute Gasteiger partial charge is 0.223 e. The van der Waals surface area contributed by atoms with E-state index in [0.717, 1.165) is 5.56 Å². The van der Waals surface area contributed by atoms with Gasteiger partial charge in [-0.3, -0.25) is 9.59 Å². The van der Waals surface area contributed by atoms with E-state index in [0.29, 0.717) is 12.2 Å². The van der Waals surface area contributed by atoms with Crippen molar-refractivity contribution < 1.29 is 14.3 Å². The average Bonchev–Trinajstić information content (AvgIpc) is 2.44. The molecule has 0 fully saturated rings. The van der Waals surface area contributed by atoms with Gasteiger partial charge in [0, 0.05) is 26.3 Å². The highest BCUT2D eigenvalue weighted by Crippen LogP contribution is 2.17. The third-order valence-electron chi connectivity index (χ3n) is 3.09. The van der Waals surface area contributed by atoms with Gasteiger partial charge in [0.1, 0.15) is 0 Å². The average molecular weight is 330 g/mol. The number of nitrogens with two attached hydrogens (primary N) is 1. The molecule has 1 rings (SSSR count). The maximum Gasteiger partial charge on any atom is 0.223 e. The van der Waals surface area contributed by atoms with Crippen molar-refractivity contribution in [2.24, 2.45) is 5.73 Å². The monoisotopic (exact) mass is 329 g/mol. The lowest BCUT2D eigenvalue weighted by Crippen LogP contribution is -2.33. The molecule has 22 heavy (non-hydrogen) atoms. The SMILES string of the molecule is COC(CN)CC(=O)NC(C)c1cccc(NC(C)=O)c1.Cl. The minimum absolute atomic E-state index is 0. The number of hydrogen-bond donors (Lipinski definition) is 3. The maximum absolute atomic E-state index is 11.9. The van der Waals surface area contributed by atoms with Gasteiger partial charge >= 0.3 is 0 Å². The molecule has 1 aromatic carbocycles. The number of ether oxygens (including phenoxy) is 1. The van der Waals surface area contributed by atoms with Crippen molar-refractivity contribution in [2.75, 3.05) is 19.0 Å². The van der Waals surface area contributed by atoms with Gasteiger partial charge < -0.3 is 21.1 Å². The predicted molar refractivity (Wildman–Crippen MR) is 89.0 cm³/mol. The van der Waals surface area contributed by atoms with Gasteiger partial charge in [-0.1, -0.05) is 12.1 Å². The van der Waals surface area contributed by atoms with Crippen molar-refractivity contribution in [2.45, 2.75) is 32.4 Å². The first-order valence-electron chi connectivity index (χ1n) is 6.86. The second-order valence-electron chi connectivity index (χ2n) is 4.89. The van der Waals surface area contributed by atoms with Crippen LogP contribution in [0.4, 0.5) is 5.69 Å². The van der Waals surface area contributed by atoms with E-state index in [4.69, 9.17) is 10.5 Å². The highest BCUT2D eigenvalue weighted by Gasteiger charge is 2.14. The van der Waals surface area contributed by atoms with E-state index in [2.05, 4.69) is 10.6 Å². The summed E-state index contributed by atoms with van der Waals surface area (Å²) in [5, 5.41) is 5.60. The van der Waals surface area contributed by atoms with Crippen molar-refractivity contribution >= 4 is 29.9 Å². The molecule has 124 valence electrons. The number of methoxy groups -OCH3 is 1. The number of rotatable bonds is 7. The molecular weight excluding hydrogens is 306 g/mol. The fourth-order valence-electron chi connectivity index (χ4n) is 1.94. The minimum atomic E-state index is -0.275. The van der Waals surface area contributed by atoms with Crippen LogP contribution in [0.2, 0.25) is 0 Å². The minimum Gasteiger partial charge on any atom is -0.380 e. The summed E-state index contributed by atoms with van der Waals surface area (Å²) in [6.45, 7) is 3.64. The predicted octanol–water partition coefficient (Wildman–Crippen LogP) is 1.61. The van der Waals surface area contributed by atoms with Crippen LogP contribution < -0.4 is 16.4 Å². The molecule has 2 atom stereocenters. The molecule has 0 saturated heterocycles. The Balaban J connectivity index is 0.00000441. The van der Waals surface area contributed by atoms with Gasteiger partial charge in [0.15, 0.2) is 0 Å². The Morgan fingerprint density at radius 2 is 2.05 bits per heavy atom. The van der Waals surface area contributed by atoms with E-state index in [-0.39, 0.29) is 42.8 Å². The first kappa shape index (κ1) is 20.4. The lowest BCUT2D eigenvalue weighted by Gasteiger charge is -2.18. The van der Waals surface area contributed by atoms with Crippen LogP contribution in [0.15, 0.2) is 24.3 Å². The number of benzene rings is 1. The summed E-state index contributed by atoms with van der Waals surface area (Å²) in [4.78, 5) is 23.0. The second kappa shape index (κ2) is 10.2. The van der Waals surface area contributed by atoms with E-state index in [1.807, 2.05) is 25.1 Å². The Morgan fingerprint density at radius 3 is 2.59 bits per heavy atom. The van der Waals surface area contributed by atoms with E-state index < -0.39 is 0 Å². The fraction of sp³-hybridized carbons (Fsp3) is 0.467. The zero-order chi connectivity index (χ0) is 15.8. The van der Waals surface area contributed by atoms with Crippen molar-refractivity contribution in [3.63, 3.8) is 0 Å². The fourth-order valence-corrected chi connectivity index (χ4v) is 1.94. The van der Waals surface area contributed by atoms with Crippen molar-refractivity contribution in [1.82, 2.24) is 5.32 Å². The van der Waals surface area contributed by atoms with Crippen LogP contribution in [0, 0.1) is 0 Å². The molecule has 0 aliphatic rings. The first-order valence-corrected chi connectivity index (χ1v) is 6.86. The summed E-state index contributed by atoms with van der Waals surface area (Å²) in [7, 11) is 1.53. The topological polar surface area (TPSA) is 93.4 Å². The Bertz CT molecular complexity index is 493. The van der Waals surface area contributed by atoms with E-state index in [1.165, 1.54) is 14.0 Å². The summed E-state index contributed by atoms with van der Waals surface area (Å²) in [5.74, 6) is -0.251. The van der Waals surface area contributed by atoms with Crippen molar-refractivity contribution in [3.05, 3.63) is 29.8 Å². The highest BCUT2D eigenvalue weighted by molar-refractivity contribution is 5.88. The Morgan fingerprint density at radius 1 is 1.36 bits per heavy atom. The van der Waals surface area contributed by atoms with Gasteiger partial charge in [-0.05, 0) is 24.6 Å². The van der Waals surface area contributed by atoms with Crippen LogP contribution in [-0.2, 0) is 14.3 Å². The van der Waals surface area contributed by atoms with Gasteiger partial charge in [0.2, 0.25) is 11.8 Å². The van der Waals surface area contributed by atoms with E-state index in [1.54, 1.807) is 6.07 Å². The van der Waals surface area contributed by atoms with Gasteiger partial charge in [-0.2, -0.15) is 0 Å². The third kappa shape index (κ3) is 6.89. The summed E-state index contributed by atoms with van der Waals surface area (Å²) < 4.78 is 5.09. The number of hydrogen-bond acceptors (Lipinski definition) is 4. The third-order valence-corrected chi connectivity index (χ3v) is 3.09. The normalized spacial score (nSPS) is 12.7. The number of carbonyl (C=O) groups excluding carboxylic acids is 2. The van der Waals surface area contributed by atoms with Crippen LogP contribution in [0.3, 0.4) is 0 Å². The summed E-state index contributed by atoms with van der Waals surface area (Å²) in [6.07, 6.45) is -0.0502. The molecule has 0 aliphatic carbocycles. The van der Waals surface area contributed by atoms with Gasteiger partial charge in [-0.15, -0.1) is 12.4 Å². The largest absolute Gasteiger partial charge is 0.380 e. The summed E-state index contributed by atoms with van der Waals surface area (Å²) in [6, 6.07) is 7.20. The molecule has 0 aliphatic heterocycles. The number of anilines is 1. The molecule has 4 N–H and O–H groups in total. The highest BCUT2D eigenvalue weighted by atomic mass is 35.5. The lowest BCUT2D eigenvalue weighted by atomic mass is 10.1. The first-order chi connectivity index (χ1) is 9.96. The molecule has 0 aromatic heterocycles. The summed E-state index contributed by atoms with van der Waals surface area (Å²) >= 11 is 0. The van der Waals surface area contributed by atoms with Gasteiger partial charge in [0.05, 0.1) is 18.6 Å². The Kier molecular flexibility index (Phi) is 9.40. The second-order valence-corrected chi connectivity index (χ2v) is 4.89. The molecule has 0 spiro atoms. The standard InChI is InChI=1S/C15H23N3O3.ClH/c1-10(17-15(20)8-14(9-16)21-3)12-5-4-6-13(7-12)18-11(2)19;/h4-7,10,14H,8-9,16H2,1-3H3,(H,17,20)(H,18,19);1H. The Labute approximate surface area is 137 Å². The summed E-state index contributed by atoms with van der Waals surface area (Å²) in [5.41, 5.74) is 7.11. The van der Waals surface area contributed by atoms with Gasteiger partial charge in [0.25, 0.3) is 0 Å². The van der Waals surface area contributed by atoms with Crippen molar-refractivity contribution in [3.8, 4) is 0 Å². The number of halogens is 1. The zero-order valence-electron chi connectivity index (χ0n) is 13.1. The van der Waals surface area contributed by atoms with Crippen LogP contribution >= 0.6 is 12.4 Å². The molecule has 0 bridgehead atoms. The van der Waals surface area contributed by atoms with Crippen LogP contribution in [0.1, 0.15) is 31.9 Å². The quantitative estimate of drug-likeness (QED) is 0.708. The van der Waals surface area contributed by atoms with Crippen molar-refractivity contribution in [1.29, 1.82) is 0 Å². The molecule has 2 amide bonds. The van der Waals surface area contributed by atoms with Gasteiger partial charge in [-0.25, -0.2) is 0 Å². The van der Waals surface area contributed by atoms with Crippen LogP contribution in [0.25, 0.3) is 0 Å². The van der Waals surface area contributed by atoms with E-state index in [9.17, 15) is 9.59 Å². The van der Waals surface area contributed by atoms with Crippen LogP contribution in [-0.4, -0.2) is 31.6 Å². The maximum atomic E-state index is 11.9. The Hall–Kier alpha value is -1.63. The van der Waals surface area contributed by atoms with E-state index >= 15 is 0 Å². The lowest BCUT2D eigenvalue weighted by molar-refractivity contribution is -0.124. The number of nitrogens with one attached hydrogen (secondary N) is 2.